The molecule has 0 bridgehead atoms. The molecule has 0 aliphatic rings. The Balaban J connectivity index is 4.43. The molecule has 0 heterocycles. The molecule has 3 N–H and O–H groups in total. The fraction of sp³-hybridized carbons (Fsp3) is 1.00. The van der Waals surface area contributed by atoms with Gasteiger partial charge < -0.3 is 5.73 Å². The SMILES string of the molecule is CC(C)(N)CC(C)(C)CS(=O)(=O)O. The van der Waals surface area contributed by atoms with Gasteiger partial charge in [0.15, 0.2) is 0 Å². The van der Waals surface area contributed by atoms with Gasteiger partial charge in [0.05, 0.1) is 5.75 Å². The fourth-order valence-electron chi connectivity index (χ4n) is 1.78. The predicted molar refractivity (Wildman–Crippen MR) is 53.1 cm³/mol. The Labute approximate surface area is 80.3 Å². The molecular formula is C8H19NO3S. The Morgan fingerprint density at radius 3 is 1.85 bits per heavy atom. The third-order valence-corrected chi connectivity index (χ3v) is 2.65. The molecule has 0 unspecified atom stereocenters. The van der Waals surface area contributed by atoms with Crippen molar-refractivity contribution < 1.29 is 13.0 Å². The Hall–Kier alpha value is -0.130. The van der Waals surface area contributed by atoms with Gasteiger partial charge >= 0.3 is 0 Å². The molecule has 5 heteroatoms. The van der Waals surface area contributed by atoms with Crippen molar-refractivity contribution in [2.75, 3.05) is 5.75 Å². The van der Waals surface area contributed by atoms with Crippen LogP contribution in [0, 0.1) is 5.41 Å². The molecule has 0 atom stereocenters. The first-order valence-electron chi connectivity index (χ1n) is 4.15. The first kappa shape index (κ1) is 12.9. The Morgan fingerprint density at radius 2 is 1.62 bits per heavy atom. The van der Waals surface area contributed by atoms with Crippen LogP contribution in [0.4, 0.5) is 0 Å². The standard InChI is InChI=1S/C8H19NO3S/c1-7(2,5-8(3,4)9)6-13(10,11)12/h5-6,9H2,1-4H3,(H,10,11,12). The van der Waals surface area contributed by atoms with Crippen LogP contribution < -0.4 is 5.73 Å². The minimum absolute atomic E-state index is 0.249. The lowest BCUT2D eigenvalue weighted by atomic mass is 9.82. The van der Waals surface area contributed by atoms with Crippen molar-refractivity contribution in [1.82, 2.24) is 0 Å². The average Bonchev–Trinajstić information content (AvgIpc) is 1.43. The van der Waals surface area contributed by atoms with E-state index >= 15 is 0 Å². The molecule has 0 aromatic rings. The van der Waals surface area contributed by atoms with E-state index in [0.717, 1.165) is 0 Å². The van der Waals surface area contributed by atoms with Gasteiger partial charge in [-0.05, 0) is 25.7 Å². The van der Waals surface area contributed by atoms with Crippen LogP contribution in [0.15, 0.2) is 0 Å². The van der Waals surface area contributed by atoms with Crippen molar-refractivity contribution in [3.05, 3.63) is 0 Å². The van der Waals surface area contributed by atoms with Gasteiger partial charge in [0.2, 0.25) is 0 Å². The molecule has 0 aromatic heterocycles. The minimum Gasteiger partial charge on any atom is -0.326 e. The molecule has 13 heavy (non-hydrogen) atoms. The molecule has 0 fully saturated rings. The summed E-state index contributed by atoms with van der Waals surface area (Å²) in [5.41, 5.74) is 4.85. The highest BCUT2D eigenvalue weighted by molar-refractivity contribution is 7.85. The topological polar surface area (TPSA) is 80.4 Å². The molecule has 0 amide bonds. The summed E-state index contributed by atoms with van der Waals surface area (Å²) in [7, 11) is -3.91. The summed E-state index contributed by atoms with van der Waals surface area (Å²) < 4.78 is 30.0. The third kappa shape index (κ3) is 8.21. The van der Waals surface area contributed by atoms with E-state index in [-0.39, 0.29) is 5.75 Å². The summed E-state index contributed by atoms with van der Waals surface area (Å²) in [4.78, 5) is 0. The van der Waals surface area contributed by atoms with Crippen molar-refractivity contribution in [2.45, 2.75) is 39.7 Å². The molecule has 4 nitrogen and oxygen atoms in total. The Bertz CT molecular complexity index is 262. The zero-order valence-corrected chi connectivity index (χ0v) is 9.48. The maximum Gasteiger partial charge on any atom is 0.265 e. The van der Waals surface area contributed by atoms with E-state index in [4.69, 9.17) is 10.3 Å². The van der Waals surface area contributed by atoms with Crippen molar-refractivity contribution in [2.24, 2.45) is 11.1 Å². The molecular weight excluding hydrogens is 190 g/mol. The molecule has 0 aromatic carbocycles. The maximum absolute atomic E-state index is 10.6. The molecule has 0 rings (SSSR count). The lowest BCUT2D eigenvalue weighted by Gasteiger charge is -2.31. The largest absolute Gasteiger partial charge is 0.326 e. The monoisotopic (exact) mass is 209 g/mol. The van der Waals surface area contributed by atoms with Crippen molar-refractivity contribution in [1.29, 1.82) is 0 Å². The molecule has 0 saturated heterocycles. The van der Waals surface area contributed by atoms with Gasteiger partial charge in [0, 0.05) is 5.54 Å². The number of hydrogen-bond donors (Lipinski definition) is 2. The second-order valence-electron chi connectivity index (χ2n) is 5.06. The predicted octanol–water partition coefficient (Wildman–Crippen LogP) is 1.03. The number of hydrogen-bond acceptors (Lipinski definition) is 3. The quantitative estimate of drug-likeness (QED) is 0.678. The normalized spacial score (nSPS) is 14.6. The highest BCUT2D eigenvalue weighted by Gasteiger charge is 2.30. The molecule has 80 valence electrons. The first-order valence-corrected chi connectivity index (χ1v) is 5.76. The highest BCUT2D eigenvalue weighted by atomic mass is 32.2. The fourth-order valence-corrected chi connectivity index (χ4v) is 2.87. The number of nitrogens with two attached hydrogens (primary N) is 1. The van der Waals surface area contributed by atoms with Crippen molar-refractivity contribution >= 4 is 10.1 Å². The Kier molecular flexibility index (Phi) is 3.52. The first-order chi connectivity index (χ1) is 5.41. The molecule has 0 radical (unpaired) electrons. The summed E-state index contributed by atoms with van der Waals surface area (Å²) in [6.07, 6.45) is 0.541. The lowest BCUT2D eigenvalue weighted by Crippen LogP contribution is -2.39. The van der Waals surface area contributed by atoms with E-state index < -0.39 is 21.1 Å². The van der Waals surface area contributed by atoms with Crippen LogP contribution in [0.25, 0.3) is 0 Å². The van der Waals surface area contributed by atoms with Gasteiger partial charge in [-0.1, -0.05) is 13.8 Å². The summed E-state index contributed by atoms with van der Waals surface area (Å²) in [6, 6.07) is 0. The third-order valence-electron chi connectivity index (χ3n) is 1.51. The van der Waals surface area contributed by atoms with Gasteiger partial charge in [-0.3, -0.25) is 4.55 Å². The summed E-state index contributed by atoms with van der Waals surface area (Å²) in [6.45, 7) is 7.21. The molecule has 0 aliphatic carbocycles. The van der Waals surface area contributed by atoms with E-state index in [2.05, 4.69) is 0 Å². The van der Waals surface area contributed by atoms with E-state index in [1.165, 1.54) is 0 Å². The van der Waals surface area contributed by atoms with Crippen LogP contribution in [0.3, 0.4) is 0 Å². The van der Waals surface area contributed by atoms with Crippen LogP contribution in [0.5, 0.6) is 0 Å². The zero-order valence-electron chi connectivity index (χ0n) is 8.66. The maximum atomic E-state index is 10.6. The van der Waals surface area contributed by atoms with Gasteiger partial charge in [-0.15, -0.1) is 0 Å². The second kappa shape index (κ2) is 3.55. The smallest absolute Gasteiger partial charge is 0.265 e. The molecule has 0 aliphatic heterocycles. The van der Waals surface area contributed by atoms with E-state index in [1.54, 1.807) is 13.8 Å². The Morgan fingerprint density at radius 1 is 1.23 bits per heavy atom. The van der Waals surface area contributed by atoms with Gasteiger partial charge in [0.1, 0.15) is 0 Å². The van der Waals surface area contributed by atoms with Crippen molar-refractivity contribution in [3.8, 4) is 0 Å². The van der Waals surface area contributed by atoms with Crippen LogP contribution >= 0.6 is 0 Å². The van der Waals surface area contributed by atoms with Crippen molar-refractivity contribution in [3.63, 3.8) is 0 Å². The average molecular weight is 209 g/mol. The summed E-state index contributed by atoms with van der Waals surface area (Å²) in [5.74, 6) is -0.249. The molecule has 0 spiro atoms. The highest BCUT2D eigenvalue weighted by Crippen LogP contribution is 2.27. The number of rotatable bonds is 4. The van der Waals surface area contributed by atoms with Crippen LogP contribution in [-0.4, -0.2) is 24.3 Å². The van der Waals surface area contributed by atoms with E-state index in [9.17, 15) is 8.42 Å². The van der Waals surface area contributed by atoms with Crippen LogP contribution in [0.1, 0.15) is 34.1 Å². The van der Waals surface area contributed by atoms with E-state index in [1.807, 2.05) is 13.8 Å². The van der Waals surface area contributed by atoms with Gasteiger partial charge in [-0.25, -0.2) is 0 Å². The van der Waals surface area contributed by atoms with Crippen LogP contribution in [0.2, 0.25) is 0 Å². The second-order valence-corrected chi connectivity index (χ2v) is 6.51. The summed E-state index contributed by atoms with van der Waals surface area (Å²) in [5, 5.41) is 0. The zero-order chi connectivity index (χ0) is 10.9. The van der Waals surface area contributed by atoms with Gasteiger partial charge in [0.25, 0.3) is 10.1 Å². The van der Waals surface area contributed by atoms with Gasteiger partial charge in [-0.2, -0.15) is 8.42 Å². The molecule has 0 saturated carbocycles. The van der Waals surface area contributed by atoms with E-state index in [0.29, 0.717) is 6.42 Å². The lowest BCUT2D eigenvalue weighted by molar-refractivity contribution is 0.283. The minimum atomic E-state index is -3.91. The summed E-state index contributed by atoms with van der Waals surface area (Å²) >= 11 is 0. The van der Waals surface area contributed by atoms with Crippen LogP contribution in [-0.2, 0) is 10.1 Å².